The number of guanidine groups is 1. The minimum Gasteiger partial charge on any atom is -0.378 e. The van der Waals surface area contributed by atoms with Gasteiger partial charge in [0.2, 0.25) is 5.91 Å². The molecule has 0 radical (unpaired) electrons. The predicted molar refractivity (Wildman–Crippen MR) is 111 cm³/mol. The first-order chi connectivity index (χ1) is 14.6. The van der Waals surface area contributed by atoms with Crippen LogP contribution >= 0.6 is 0 Å². The topological polar surface area (TPSA) is 84.2 Å². The number of hydrogen-bond donors (Lipinski definition) is 1. The molecule has 0 spiro atoms. The maximum Gasteiger partial charge on any atom is 0.236 e. The van der Waals surface area contributed by atoms with Crippen molar-refractivity contribution in [2.24, 2.45) is 4.99 Å². The molecule has 8 nitrogen and oxygen atoms in total. The molecule has 0 atom stereocenters. The van der Waals surface area contributed by atoms with Gasteiger partial charge >= 0.3 is 0 Å². The van der Waals surface area contributed by atoms with Crippen LogP contribution in [0.15, 0.2) is 23.2 Å². The minimum absolute atomic E-state index is 0.153. The molecule has 3 rings (SSSR count). The van der Waals surface area contributed by atoms with Gasteiger partial charge in [-0.3, -0.25) is 9.69 Å². The second-order valence-electron chi connectivity index (χ2n) is 7.34. The molecule has 0 aromatic heterocycles. The average molecular weight is 417 g/mol. The standard InChI is InChI=1S/C21H29FN6O2/c1-2-24-21(25-15-18-13-17(14-23)3-4-19(18)22)28-7-5-26(6-8-28)16-20(29)27-9-11-30-12-10-27/h3-4,13H,2,5-12,15-16H2,1H3,(H,24,25). The number of benzene rings is 1. The molecule has 0 aliphatic carbocycles. The highest BCUT2D eigenvalue weighted by atomic mass is 19.1. The maximum atomic E-state index is 14.0. The van der Waals surface area contributed by atoms with Crippen molar-refractivity contribution < 1.29 is 13.9 Å². The molecule has 0 saturated carbocycles. The zero-order chi connectivity index (χ0) is 21.3. The number of carbonyl (C=O) groups is 1. The van der Waals surface area contributed by atoms with Gasteiger partial charge in [0.15, 0.2) is 5.96 Å². The smallest absolute Gasteiger partial charge is 0.236 e. The van der Waals surface area contributed by atoms with Crippen molar-refractivity contribution in [1.29, 1.82) is 5.26 Å². The van der Waals surface area contributed by atoms with E-state index in [2.05, 4.69) is 20.1 Å². The van der Waals surface area contributed by atoms with Gasteiger partial charge in [-0.25, -0.2) is 9.38 Å². The number of hydrogen-bond acceptors (Lipinski definition) is 5. The van der Waals surface area contributed by atoms with Gasteiger partial charge < -0.3 is 19.9 Å². The molecule has 0 bridgehead atoms. The number of aliphatic imine (C=N–C) groups is 1. The maximum absolute atomic E-state index is 14.0. The van der Waals surface area contributed by atoms with Crippen LogP contribution < -0.4 is 5.32 Å². The second-order valence-corrected chi connectivity index (χ2v) is 7.34. The fourth-order valence-electron chi connectivity index (χ4n) is 3.57. The van der Waals surface area contributed by atoms with Crippen molar-refractivity contribution in [3.05, 3.63) is 35.1 Å². The van der Waals surface area contributed by atoms with Gasteiger partial charge in [-0.05, 0) is 25.1 Å². The Morgan fingerprint density at radius 1 is 1.20 bits per heavy atom. The molecule has 2 saturated heterocycles. The van der Waals surface area contributed by atoms with Crippen molar-refractivity contribution in [3.8, 4) is 6.07 Å². The molecule has 0 unspecified atom stereocenters. The van der Waals surface area contributed by atoms with Crippen LogP contribution in [0.5, 0.6) is 0 Å². The van der Waals surface area contributed by atoms with E-state index < -0.39 is 0 Å². The monoisotopic (exact) mass is 416 g/mol. The molecule has 162 valence electrons. The number of rotatable bonds is 5. The summed E-state index contributed by atoms with van der Waals surface area (Å²) in [5.41, 5.74) is 0.823. The van der Waals surface area contributed by atoms with E-state index in [-0.39, 0.29) is 18.3 Å². The molecule has 30 heavy (non-hydrogen) atoms. The lowest BCUT2D eigenvalue weighted by atomic mass is 10.1. The molecule has 1 amide bonds. The largest absolute Gasteiger partial charge is 0.378 e. The van der Waals surface area contributed by atoms with E-state index >= 15 is 0 Å². The Balaban J connectivity index is 1.55. The van der Waals surface area contributed by atoms with E-state index in [1.807, 2.05) is 17.9 Å². The molecule has 2 aliphatic heterocycles. The van der Waals surface area contributed by atoms with E-state index in [1.165, 1.54) is 18.2 Å². The first kappa shape index (κ1) is 22.0. The number of morpholine rings is 1. The third-order valence-corrected chi connectivity index (χ3v) is 5.30. The molecule has 1 aromatic rings. The summed E-state index contributed by atoms with van der Waals surface area (Å²) in [6.45, 7) is 8.84. The first-order valence-corrected chi connectivity index (χ1v) is 10.4. The molecular formula is C21H29FN6O2. The lowest BCUT2D eigenvalue weighted by Crippen LogP contribution is -2.54. The Labute approximate surface area is 176 Å². The molecule has 1 N–H and O–H groups in total. The Morgan fingerprint density at radius 2 is 1.93 bits per heavy atom. The lowest BCUT2D eigenvalue weighted by Gasteiger charge is -2.37. The highest BCUT2D eigenvalue weighted by Crippen LogP contribution is 2.12. The van der Waals surface area contributed by atoms with E-state index in [1.54, 1.807) is 0 Å². The number of carbonyl (C=O) groups excluding carboxylic acids is 1. The SMILES string of the molecule is CCNC(=NCc1cc(C#N)ccc1F)N1CCN(CC(=O)N2CCOCC2)CC1. The van der Waals surface area contributed by atoms with E-state index in [9.17, 15) is 9.18 Å². The summed E-state index contributed by atoms with van der Waals surface area (Å²) in [6.07, 6.45) is 0. The summed E-state index contributed by atoms with van der Waals surface area (Å²) in [6, 6.07) is 6.34. The van der Waals surface area contributed by atoms with Crippen LogP contribution in [0.3, 0.4) is 0 Å². The van der Waals surface area contributed by atoms with Crippen LogP contribution in [0.4, 0.5) is 4.39 Å². The first-order valence-electron chi connectivity index (χ1n) is 10.4. The van der Waals surface area contributed by atoms with E-state index in [4.69, 9.17) is 10.00 Å². The van der Waals surface area contributed by atoms with Crippen molar-refractivity contribution in [3.63, 3.8) is 0 Å². The molecule has 2 heterocycles. The predicted octanol–water partition coefficient (Wildman–Crippen LogP) is 0.639. The Bertz CT molecular complexity index is 795. The van der Waals surface area contributed by atoms with Crippen molar-refractivity contribution in [1.82, 2.24) is 20.0 Å². The summed E-state index contributed by atoms with van der Waals surface area (Å²) in [7, 11) is 0. The number of amides is 1. The molecule has 9 heteroatoms. The Hall–Kier alpha value is -2.70. The van der Waals surface area contributed by atoms with Crippen LogP contribution in [0.25, 0.3) is 0 Å². The molecule has 2 aliphatic rings. The van der Waals surface area contributed by atoms with Gasteiger partial charge in [0.05, 0.1) is 37.9 Å². The van der Waals surface area contributed by atoms with Crippen LogP contribution in [0.2, 0.25) is 0 Å². The van der Waals surface area contributed by atoms with Crippen molar-refractivity contribution in [2.75, 3.05) is 65.6 Å². The van der Waals surface area contributed by atoms with Gasteiger partial charge in [-0.2, -0.15) is 5.26 Å². The number of nitrogens with zero attached hydrogens (tertiary/aromatic N) is 5. The zero-order valence-electron chi connectivity index (χ0n) is 17.4. The fourth-order valence-corrected chi connectivity index (χ4v) is 3.57. The summed E-state index contributed by atoms with van der Waals surface area (Å²) in [4.78, 5) is 23.2. The highest BCUT2D eigenvalue weighted by molar-refractivity contribution is 5.80. The lowest BCUT2D eigenvalue weighted by molar-refractivity contribution is -0.136. The van der Waals surface area contributed by atoms with Gasteiger partial charge in [0.1, 0.15) is 5.82 Å². The van der Waals surface area contributed by atoms with Crippen molar-refractivity contribution in [2.45, 2.75) is 13.5 Å². The van der Waals surface area contributed by atoms with E-state index in [0.717, 1.165) is 32.1 Å². The van der Waals surface area contributed by atoms with Gasteiger partial charge in [0, 0.05) is 51.4 Å². The highest BCUT2D eigenvalue weighted by Gasteiger charge is 2.24. The number of piperazine rings is 1. The summed E-state index contributed by atoms with van der Waals surface area (Å²) >= 11 is 0. The number of halogens is 1. The average Bonchev–Trinajstić information content (AvgIpc) is 2.79. The fraction of sp³-hybridized carbons (Fsp3) is 0.571. The van der Waals surface area contributed by atoms with Crippen LogP contribution in [0, 0.1) is 17.1 Å². The Morgan fingerprint density at radius 3 is 2.60 bits per heavy atom. The van der Waals surface area contributed by atoms with Gasteiger partial charge in [-0.1, -0.05) is 0 Å². The van der Waals surface area contributed by atoms with Gasteiger partial charge in [0.25, 0.3) is 0 Å². The second kappa shape index (κ2) is 10.9. The van der Waals surface area contributed by atoms with E-state index in [0.29, 0.717) is 50.5 Å². The summed E-state index contributed by atoms with van der Waals surface area (Å²) < 4.78 is 19.4. The molecular weight excluding hydrogens is 387 g/mol. The zero-order valence-corrected chi connectivity index (χ0v) is 17.4. The van der Waals surface area contributed by atoms with Crippen LogP contribution in [-0.4, -0.2) is 92.1 Å². The third-order valence-electron chi connectivity index (χ3n) is 5.30. The molecule has 2 fully saturated rings. The number of nitriles is 1. The third kappa shape index (κ3) is 5.90. The summed E-state index contributed by atoms with van der Waals surface area (Å²) in [5.74, 6) is 0.513. The quantitative estimate of drug-likeness (QED) is 0.560. The van der Waals surface area contributed by atoms with Crippen molar-refractivity contribution >= 4 is 11.9 Å². The summed E-state index contributed by atoms with van der Waals surface area (Å²) in [5, 5.41) is 12.3. The molecule has 1 aromatic carbocycles. The Kier molecular flexibility index (Phi) is 7.99. The number of nitrogens with one attached hydrogen (secondary N) is 1. The normalized spacial score (nSPS) is 18.2. The van der Waals surface area contributed by atoms with Crippen LogP contribution in [0.1, 0.15) is 18.1 Å². The van der Waals surface area contributed by atoms with Crippen LogP contribution in [-0.2, 0) is 16.1 Å². The number of ether oxygens (including phenoxy) is 1. The van der Waals surface area contributed by atoms with Gasteiger partial charge in [-0.15, -0.1) is 0 Å². The minimum atomic E-state index is -0.361.